The maximum Gasteiger partial charge on any atom is 0.280 e. The molecule has 2 N–H and O–H groups in total. The quantitative estimate of drug-likeness (QED) is 0.883. The number of piperidine rings is 1. The van der Waals surface area contributed by atoms with Crippen molar-refractivity contribution in [3.8, 4) is 5.82 Å². The average molecular weight is 296 g/mol. The number of nitrogens with one attached hydrogen (secondary N) is 2. The lowest BCUT2D eigenvalue weighted by Crippen LogP contribution is -2.39. The summed E-state index contributed by atoms with van der Waals surface area (Å²) >= 11 is 0. The third kappa shape index (κ3) is 2.31. The summed E-state index contributed by atoms with van der Waals surface area (Å²) in [5.41, 5.74) is -0.00164. The molecular formula is C16H16N4O2. The van der Waals surface area contributed by atoms with Crippen molar-refractivity contribution >= 4 is 11.6 Å². The molecular weight excluding hydrogens is 280 g/mol. The van der Waals surface area contributed by atoms with Gasteiger partial charge in [-0.1, -0.05) is 6.07 Å². The second-order valence-electron chi connectivity index (χ2n) is 5.83. The number of anilines is 1. The predicted molar refractivity (Wildman–Crippen MR) is 81.9 cm³/mol. The van der Waals surface area contributed by atoms with Gasteiger partial charge in [-0.05, 0) is 43.0 Å². The molecule has 6 heteroatoms. The van der Waals surface area contributed by atoms with Gasteiger partial charge in [-0.15, -0.1) is 0 Å². The normalized spacial score (nSPS) is 25.5. The monoisotopic (exact) mass is 296 g/mol. The van der Waals surface area contributed by atoms with Gasteiger partial charge in [0.1, 0.15) is 11.5 Å². The largest absolute Gasteiger partial charge is 0.320 e. The van der Waals surface area contributed by atoms with Crippen LogP contribution in [0.3, 0.4) is 0 Å². The second-order valence-corrected chi connectivity index (χ2v) is 5.83. The Labute approximate surface area is 127 Å². The molecule has 1 aliphatic carbocycles. The number of nitrogens with zero attached hydrogens (tertiary/aromatic N) is 2. The number of carbonyl (C=O) groups is 1. The number of amides is 1. The minimum absolute atomic E-state index is 0.136. The van der Waals surface area contributed by atoms with Crippen LogP contribution in [0.15, 0.2) is 47.5 Å². The van der Waals surface area contributed by atoms with E-state index in [0.717, 1.165) is 6.42 Å². The van der Waals surface area contributed by atoms with E-state index in [4.69, 9.17) is 0 Å². The molecule has 4 rings (SSSR count). The molecule has 0 aromatic carbocycles. The summed E-state index contributed by atoms with van der Waals surface area (Å²) in [4.78, 5) is 28.9. The number of fused-ring (bicyclic) bond motifs is 1. The van der Waals surface area contributed by atoms with Gasteiger partial charge >= 0.3 is 0 Å². The Hall–Kier alpha value is -2.47. The van der Waals surface area contributed by atoms with Crippen LogP contribution in [0, 0.1) is 5.92 Å². The van der Waals surface area contributed by atoms with E-state index in [1.165, 1.54) is 11.0 Å². The number of aromatic nitrogens is 2. The zero-order valence-electron chi connectivity index (χ0n) is 11.9. The molecule has 1 amide bonds. The fraction of sp³-hybridized carbons (Fsp3) is 0.312. The Bertz CT molecular complexity index is 761. The van der Waals surface area contributed by atoms with Gasteiger partial charge in [0.25, 0.3) is 5.56 Å². The van der Waals surface area contributed by atoms with Crippen molar-refractivity contribution in [2.24, 2.45) is 5.92 Å². The molecule has 3 unspecified atom stereocenters. The van der Waals surface area contributed by atoms with E-state index in [1.54, 1.807) is 36.7 Å². The Morgan fingerprint density at radius 2 is 2.18 bits per heavy atom. The molecule has 6 nitrogen and oxygen atoms in total. The van der Waals surface area contributed by atoms with Crippen LogP contribution in [0.4, 0.5) is 5.69 Å². The van der Waals surface area contributed by atoms with Crippen LogP contribution in [0.1, 0.15) is 12.8 Å². The van der Waals surface area contributed by atoms with Crippen LogP contribution < -0.4 is 16.2 Å². The van der Waals surface area contributed by atoms with E-state index < -0.39 is 0 Å². The highest BCUT2D eigenvalue weighted by atomic mass is 16.2. The summed E-state index contributed by atoms with van der Waals surface area (Å²) in [6.07, 6.45) is 5.30. The maximum absolute atomic E-state index is 12.5. The van der Waals surface area contributed by atoms with Crippen molar-refractivity contribution in [2.75, 3.05) is 5.32 Å². The van der Waals surface area contributed by atoms with Gasteiger partial charge in [-0.3, -0.25) is 14.2 Å². The molecule has 112 valence electrons. The molecule has 1 saturated heterocycles. The SMILES string of the molecule is O=C(Nc1cccn(-c2ccccn2)c1=O)C1CC2CC2N1. The first kappa shape index (κ1) is 13.2. The lowest BCUT2D eigenvalue weighted by Gasteiger charge is -2.14. The van der Waals surface area contributed by atoms with Gasteiger partial charge in [-0.2, -0.15) is 0 Å². The highest BCUT2D eigenvalue weighted by Crippen LogP contribution is 2.40. The van der Waals surface area contributed by atoms with Crippen LogP contribution in [-0.2, 0) is 4.79 Å². The second kappa shape index (κ2) is 5.06. The molecule has 2 aliphatic rings. The van der Waals surface area contributed by atoms with E-state index in [2.05, 4.69) is 15.6 Å². The number of pyridine rings is 2. The fourth-order valence-corrected chi connectivity index (χ4v) is 3.01. The third-order valence-electron chi connectivity index (χ3n) is 4.29. The lowest BCUT2D eigenvalue weighted by atomic mass is 10.1. The first-order valence-corrected chi connectivity index (χ1v) is 7.42. The lowest BCUT2D eigenvalue weighted by molar-refractivity contribution is -0.118. The highest BCUT2D eigenvalue weighted by molar-refractivity contribution is 5.95. The van der Waals surface area contributed by atoms with Gasteiger partial charge in [0.15, 0.2) is 0 Å². The first-order chi connectivity index (χ1) is 10.7. The van der Waals surface area contributed by atoms with Crippen LogP contribution in [-0.4, -0.2) is 27.5 Å². The summed E-state index contributed by atoms with van der Waals surface area (Å²) in [6.45, 7) is 0. The number of carbonyl (C=O) groups excluding carboxylic acids is 1. The summed E-state index contributed by atoms with van der Waals surface area (Å²) in [7, 11) is 0. The molecule has 0 bridgehead atoms. The smallest absolute Gasteiger partial charge is 0.280 e. The summed E-state index contributed by atoms with van der Waals surface area (Å²) in [5.74, 6) is 1.03. The molecule has 1 aliphatic heterocycles. The van der Waals surface area contributed by atoms with Crippen molar-refractivity contribution in [1.29, 1.82) is 0 Å². The highest BCUT2D eigenvalue weighted by Gasteiger charge is 2.47. The maximum atomic E-state index is 12.5. The van der Waals surface area contributed by atoms with Crippen molar-refractivity contribution in [2.45, 2.75) is 24.9 Å². The van der Waals surface area contributed by atoms with Crippen LogP contribution >= 0.6 is 0 Å². The Kier molecular flexibility index (Phi) is 3.04. The van der Waals surface area contributed by atoms with E-state index in [-0.39, 0.29) is 23.2 Å². The minimum Gasteiger partial charge on any atom is -0.320 e. The van der Waals surface area contributed by atoms with E-state index in [1.807, 2.05) is 6.07 Å². The summed E-state index contributed by atoms with van der Waals surface area (Å²) in [5, 5.41) is 6.02. The molecule has 0 spiro atoms. The number of hydrogen-bond acceptors (Lipinski definition) is 4. The number of rotatable bonds is 3. The fourth-order valence-electron chi connectivity index (χ4n) is 3.01. The Balaban J connectivity index is 1.57. The first-order valence-electron chi connectivity index (χ1n) is 7.42. The van der Waals surface area contributed by atoms with Crippen LogP contribution in [0.25, 0.3) is 5.82 Å². The summed E-state index contributed by atoms with van der Waals surface area (Å²) < 4.78 is 1.43. The van der Waals surface area contributed by atoms with Gasteiger partial charge in [0, 0.05) is 18.4 Å². The van der Waals surface area contributed by atoms with Gasteiger partial charge in [0.2, 0.25) is 5.91 Å². The minimum atomic E-state index is -0.280. The van der Waals surface area contributed by atoms with Crippen LogP contribution in [0.2, 0.25) is 0 Å². The molecule has 3 heterocycles. The molecule has 3 atom stereocenters. The van der Waals surface area contributed by atoms with Gasteiger partial charge in [-0.25, -0.2) is 4.98 Å². The van der Waals surface area contributed by atoms with Crippen molar-refractivity contribution in [3.05, 3.63) is 53.1 Å². The number of hydrogen-bond donors (Lipinski definition) is 2. The Morgan fingerprint density at radius 3 is 2.91 bits per heavy atom. The zero-order chi connectivity index (χ0) is 15.1. The van der Waals surface area contributed by atoms with Crippen molar-refractivity contribution < 1.29 is 4.79 Å². The zero-order valence-corrected chi connectivity index (χ0v) is 11.9. The van der Waals surface area contributed by atoms with Gasteiger partial charge in [0.05, 0.1) is 6.04 Å². The molecule has 0 radical (unpaired) electrons. The Morgan fingerprint density at radius 1 is 1.27 bits per heavy atom. The average Bonchev–Trinajstić information content (AvgIpc) is 3.16. The molecule has 2 aromatic rings. The van der Waals surface area contributed by atoms with Crippen molar-refractivity contribution in [3.63, 3.8) is 0 Å². The van der Waals surface area contributed by atoms with E-state index >= 15 is 0 Å². The van der Waals surface area contributed by atoms with Crippen molar-refractivity contribution in [1.82, 2.24) is 14.9 Å². The van der Waals surface area contributed by atoms with Crippen LogP contribution in [0.5, 0.6) is 0 Å². The third-order valence-corrected chi connectivity index (χ3v) is 4.29. The molecule has 2 aromatic heterocycles. The molecule has 1 saturated carbocycles. The molecule has 2 fully saturated rings. The summed E-state index contributed by atoms with van der Waals surface area (Å²) in [6, 6.07) is 9.01. The predicted octanol–water partition coefficient (Wildman–Crippen LogP) is 0.921. The standard InChI is InChI=1S/C16H16N4O2/c21-15(13-9-10-8-12(10)18-13)19-11-4-3-7-20(16(11)22)14-5-1-2-6-17-14/h1-7,10,12-13,18H,8-9H2,(H,19,21). The molecule has 22 heavy (non-hydrogen) atoms. The van der Waals surface area contributed by atoms with E-state index in [0.29, 0.717) is 17.8 Å². The topological polar surface area (TPSA) is 76.0 Å². The van der Waals surface area contributed by atoms with E-state index in [9.17, 15) is 9.59 Å². The van der Waals surface area contributed by atoms with Gasteiger partial charge < -0.3 is 10.6 Å².